The third-order valence-electron chi connectivity index (χ3n) is 3.41. The molecule has 0 saturated heterocycles. The van der Waals surface area contributed by atoms with E-state index < -0.39 is 11.7 Å². The topological polar surface area (TPSA) is 54.2 Å². The molecule has 2 N–H and O–H groups in total. The maximum absolute atomic E-state index is 12.5. The molecule has 0 fully saturated rings. The molecule has 0 spiro atoms. The summed E-state index contributed by atoms with van der Waals surface area (Å²) in [5.74, 6) is 0.612. The van der Waals surface area contributed by atoms with Crippen LogP contribution in [0.3, 0.4) is 0 Å². The second-order valence-corrected chi connectivity index (χ2v) is 5.20. The van der Waals surface area contributed by atoms with Crippen molar-refractivity contribution in [3.63, 3.8) is 0 Å². The second-order valence-electron chi connectivity index (χ2n) is 5.20. The van der Waals surface area contributed by atoms with E-state index in [2.05, 4.69) is 20.6 Å². The lowest BCUT2D eigenvalue weighted by atomic mass is 10.1. The van der Waals surface area contributed by atoms with Gasteiger partial charge in [-0.1, -0.05) is 12.1 Å². The highest BCUT2D eigenvalue weighted by Gasteiger charge is 2.29. The SMILES string of the molecule is CN=C(NCCCn1ccnc1)NCc1ccc(C(F)(F)F)cc1.I. The third-order valence-corrected chi connectivity index (χ3v) is 3.41. The molecule has 5 nitrogen and oxygen atoms in total. The molecular weight excluding hydrogens is 446 g/mol. The van der Waals surface area contributed by atoms with Crippen LogP contribution in [-0.4, -0.2) is 29.1 Å². The number of halogens is 4. The summed E-state index contributed by atoms with van der Waals surface area (Å²) in [5.41, 5.74) is 0.109. The number of imidazole rings is 1. The Bertz CT molecular complexity index is 639. The van der Waals surface area contributed by atoms with Crippen LogP contribution in [-0.2, 0) is 19.3 Å². The fourth-order valence-electron chi connectivity index (χ4n) is 2.11. The minimum atomic E-state index is -4.31. The summed E-state index contributed by atoms with van der Waals surface area (Å²) in [6, 6.07) is 5.08. The van der Waals surface area contributed by atoms with Crippen LogP contribution < -0.4 is 10.6 Å². The normalized spacial score (nSPS) is 11.8. The molecule has 1 aromatic carbocycles. The van der Waals surface area contributed by atoms with Crippen LogP contribution in [0.2, 0.25) is 0 Å². The smallest absolute Gasteiger partial charge is 0.356 e. The monoisotopic (exact) mass is 467 g/mol. The van der Waals surface area contributed by atoms with E-state index >= 15 is 0 Å². The molecule has 2 rings (SSSR count). The predicted octanol–water partition coefficient (Wildman–Crippen LogP) is 3.28. The Morgan fingerprint density at radius 2 is 1.92 bits per heavy atom. The summed E-state index contributed by atoms with van der Waals surface area (Å²) in [6.45, 7) is 1.98. The molecule has 1 aromatic heterocycles. The first kappa shape index (κ1) is 21.3. The van der Waals surface area contributed by atoms with Crippen LogP contribution in [0.15, 0.2) is 48.0 Å². The van der Waals surface area contributed by atoms with E-state index in [1.54, 1.807) is 19.6 Å². The van der Waals surface area contributed by atoms with Crippen LogP contribution in [0.4, 0.5) is 13.2 Å². The van der Waals surface area contributed by atoms with Crippen molar-refractivity contribution in [2.75, 3.05) is 13.6 Å². The number of aryl methyl sites for hydroxylation is 1. The van der Waals surface area contributed by atoms with Gasteiger partial charge in [0.05, 0.1) is 11.9 Å². The molecule has 138 valence electrons. The van der Waals surface area contributed by atoms with Gasteiger partial charge in [0.1, 0.15) is 0 Å². The lowest BCUT2D eigenvalue weighted by Gasteiger charge is -2.13. The number of benzene rings is 1. The van der Waals surface area contributed by atoms with Gasteiger partial charge in [-0.2, -0.15) is 13.2 Å². The van der Waals surface area contributed by atoms with E-state index in [1.165, 1.54) is 12.1 Å². The van der Waals surface area contributed by atoms with Gasteiger partial charge in [0.25, 0.3) is 0 Å². The quantitative estimate of drug-likeness (QED) is 0.297. The van der Waals surface area contributed by atoms with E-state index in [1.807, 2.05) is 10.8 Å². The van der Waals surface area contributed by atoms with Crippen molar-refractivity contribution >= 4 is 29.9 Å². The molecule has 0 bridgehead atoms. The number of hydrogen-bond acceptors (Lipinski definition) is 2. The first-order chi connectivity index (χ1) is 11.5. The summed E-state index contributed by atoms with van der Waals surface area (Å²) in [7, 11) is 1.65. The lowest BCUT2D eigenvalue weighted by Crippen LogP contribution is -2.37. The highest BCUT2D eigenvalue weighted by atomic mass is 127. The lowest BCUT2D eigenvalue weighted by molar-refractivity contribution is -0.137. The van der Waals surface area contributed by atoms with Crippen LogP contribution in [0.1, 0.15) is 17.5 Å². The Morgan fingerprint density at radius 1 is 1.20 bits per heavy atom. The number of alkyl halides is 3. The first-order valence-corrected chi connectivity index (χ1v) is 7.55. The fraction of sp³-hybridized carbons (Fsp3) is 0.375. The molecule has 25 heavy (non-hydrogen) atoms. The van der Waals surface area contributed by atoms with Gasteiger partial charge >= 0.3 is 6.18 Å². The van der Waals surface area contributed by atoms with Crippen LogP contribution in [0.5, 0.6) is 0 Å². The second kappa shape index (κ2) is 10.3. The summed E-state index contributed by atoms with van der Waals surface area (Å²) in [4.78, 5) is 8.06. The van der Waals surface area contributed by atoms with E-state index in [-0.39, 0.29) is 24.0 Å². The average molecular weight is 467 g/mol. The summed E-state index contributed by atoms with van der Waals surface area (Å²) < 4.78 is 39.5. The predicted molar refractivity (Wildman–Crippen MR) is 102 cm³/mol. The molecule has 0 aliphatic carbocycles. The molecule has 0 aliphatic heterocycles. The zero-order valence-corrected chi connectivity index (χ0v) is 16.1. The molecule has 2 aromatic rings. The van der Waals surface area contributed by atoms with Crippen LogP contribution in [0, 0.1) is 0 Å². The van der Waals surface area contributed by atoms with E-state index in [0.717, 1.165) is 37.2 Å². The molecule has 9 heteroatoms. The molecule has 0 amide bonds. The van der Waals surface area contributed by atoms with Crippen molar-refractivity contribution < 1.29 is 13.2 Å². The van der Waals surface area contributed by atoms with Gasteiger partial charge < -0.3 is 15.2 Å². The van der Waals surface area contributed by atoms with E-state index in [0.29, 0.717) is 12.5 Å². The summed E-state index contributed by atoms with van der Waals surface area (Å²) in [5, 5.41) is 6.24. The molecule has 1 heterocycles. The van der Waals surface area contributed by atoms with Crippen molar-refractivity contribution in [3.8, 4) is 0 Å². The van der Waals surface area contributed by atoms with Gasteiger partial charge in [0, 0.05) is 39.1 Å². The highest BCUT2D eigenvalue weighted by Crippen LogP contribution is 2.28. The standard InChI is InChI=1S/C16H20F3N5.HI/c1-20-15(22-7-2-9-24-10-8-21-12-24)23-11-13-3-5-14(6-4-13)16(17,18)19;/h3-6,8,10,12H,2,7,9,11H2,1H3,(H2,20,22,23);1H. The van der Waals surface area contributed by atoms with E-state index in [9.17, 15) is 13.2 Å². The number of guanidine groups is 1. The number of aromatic nitrogens is 2. The maximum atomic E-state index is 12.5. The number of rotatable bonds is 6. The van der Waals surface area contributed by atoms with Gasteiger partial charge in [0.15, 0.2) is 5.96 Å². The van der Waals surface area contributed by atoms with Gasteiger partial charge in [-0.25, -0.2) is 4.98 Å². The number of nitrogens with zero attached hydrogens (tertiary/aromatic N) is 3. The Hall–Kier alpha value is -1.78. The minimum absolute atomic E-state index is 0. The van der Waals surface area contributed by atoms with Gasteiger partial charge in [-0.05, 0) is 24.1 Å². The van der Waals surface area contributed by atoms with Crippen molar-refractivity contribution in [2.24, 2.45) is 4.99 Å². The maximum Gasteiger partial charge on any atom is 0.416 e. The van der Waals surface area contributed by atoms with Gasteiger partial charge in [0.2, 0.25) is 0 Å². The molecular formula is C16H21F3IN5. The molecule has 0 aliphatic rings. The molecule has 0 atom stereocenters. The zero-order chi connectivity index (χ0) is 17.4. The Balaban J connectivity index is 0.00000312. The average Bonchev–Trinajstić information content (AvgIpc) is 3.07. The summed E-state index contributed by atoms with van der Waals surface area (Å²) >= 11 is 0. The fourth-order valence-corrected chi connectivity index (χ4v) is 2.11. The van der Waals surface area contributed by atoms with Crippen molar-refractivity contribution in [1.29, 1.82) is 0 Å². The largest absolute Gasteiger partial charge is 0.416 e. The number of nitrogens with one attached hydrogen (secondary N) is 2. The number of hydrogen-bond donors (Lipinski definition) is 2. The minimum Gasteiger partial charge on any atom is -0.356 e. The van der Waals surface area contributed by atoms with Crippen LogP contribution in [0.25, 0.3) is 0 Å². The van der Waals surface area contributed by atoms with Gasteiger partial charge in [-0.15, -0.1) is 24.0 Å². The van der Waals surface area contributed by atoms with Crippen LogP contribution >= 0.6 is 24.0 Å². The molecule has 0 unspecified atom stereocenters. The van der Waals surface area contributed by atoms with Crippen molar-refractivity contribution in [1.82, 2.24) is 20.2 Å². The van der Waals surface area contributed by atoms with E-state index in [4.69, 9.17) is 0 Å². The molecule has 0 radical (unpaired) electrons. The zero-order valence-electron chi connectivity index (χ0n) is 13.8. The third kappa shape index (κ3) is 7.32. The summed E-state index contributed by atoms with van der Waals surface area (Å²) in [6.07, 6.45) is 1.99. The molecule has 0 saturated carbocycles. The van der Waals surface area contributed by atoms with Gasteiger partial charge in [-0.3, -0.25) is 4.99 Å². The first-order valence-electron chi connectivity index (χ1n) is 7.55. The Labute approximate surface area is 161 Å². The highest BCUT2D eigenvalue weighted by molar-refractivity contribution is 14.0. The Morgan fingerprint density at radius 3 is 2.48 bits per heavy atom. The number of aliphatic imine (C=N–C) groups is 1. The van der Waals surface area contributed by atoms with Crippen molar-refractivity contribution in [3.05, 3.63) is 54.1 Å². The van der Waals surface area contributed by atoms with Crippen molar-refractivity contribution in [2.45, 2.75) is 25.7 Å². The Kier molecular flexibility index (Phi) is 8.73.